The van der Waals surface area contributed by atoms with Gasteiger partial charge in [0.2, 0.25) is 0 Å². The van der Waals surface area contributed by atoms with E-state index in [4.69, 9.17) is 17.4 Å². The summed E-state index contributed by atoms with van der Waals surface area (Å²) in [7, 11) is 0. The molecule has 0 fully saturated rings. The fourth-order valence-corrected chi connectivity index (χ4v) is 1.23. The van der Waals surface area contributed by atoms with Crippen molar-refractivity contribution in [3.8, 4) is 0 Å². The van der Waals surface area contributed by atoms with Gasteiger partial charge in [0.15, 0.2) is 0 Å². The van der Waals surface area contributed by atoms with Crippen molar-refractivity contribution in [3.63, 3.8) is 0 Å². The smallest absolute Gasteiger partial charge is 0.271 e. The predicted octanol–water partition coefficient (Wildman–Crippen LogP) is 1.21. The molecule has 0 radical (unpaired) electrons. The number of nitro groups is 1. The number of rotatable bonds is 3. The summed E-state index contributed by atoms with van der Waals surface area (Å²) in [5.74, 6) is 5.07. The van der Waals surface area contributed by atoms with Gasteiger partial charge in [-0.2, -0.15) is 0 Å². The molecule has 0 saturated carbocycles. The number of nitro benzene ring substituents is 1. The highest BCUT2D eigenvalue weighted by Gasteiger charge is 2.15. The molecule has 0 spiro atoms. The van der Waals surface area contributed by atoms with Crippen LogP contribution in [-0.4, -0.2) is 4.92 Å². The third kappa shape index (κ3) is 2.15. The second kappa shape index (κ2) is 4.18. The standard InChI is InChI=1S/C7H8ClN3O2/c8-6-2-1-3-7(11(12)13)5(6)4-10-9/h1-3,10H,4,9H2. The first-order valence-corrected chi connectivity index (χ1v) is 3.90. The lowest BCUT2D eigenvalue weighted by molar-refractivity contribution is -0.385. The third-order valence-corrected chi connectivity index (χ3v) is 1.92. The molecule has 0 amide bonds. The fourth-order valence-electron chi connectivity index (χ4n) is 0.995. The van der Waals surface area contributed by atoms with Gasteiger partial charge in [-0.3, -0.25) is 21.4 Å². The zero-order valence-electron chi connectivity index (χ0n) is 6.66. The van der Waals surface area contributed by atoms with E-state index in [-0.39, 0.29) is 12.2 Å². The lowest BCUT2D eigenvalue weighted by Crippen LogP contribution is -2.21. The number of benzene rings is 1. The summed E-state index contributed by atoms with van der Waals surface area (Å²) in [6.07, 6.45) is 0. The molecular formula is C7H8ClN3O2. The molecule has 0 saturated heterocycles. The Hall–Kier alpha value is -1.17. The van der Waals surface area contributed by atoms with E-state index in [9.17, 15) is 10.1 Å². The highest BCUT2D eigenvalue weighted by molar-refractivity contribution is 6.31. The van der Waals surface area contributed by atoms with Crippen molar-refractivity contribution >= 4 is 17.3 Å². The van der Waals surface area contributed by atoms with Crippen LogP contribution in [0.2, 0.25) is 5.02 Å². The maximum atomic E-state index is 10.5. The molecule has 1 aromatic rings. The lowest BCUT2D eigenvalue weighted by Gasteiger charge is -2.03. The average molecular weight is 202 g/mol. The Labute approximate surface area is 79.6 Å². The van der Waals surface area contributed by atoms with Crippen molar-refractivity contribution < 1.29 is 4.92 Å². The van der Waals surface area contributed by atoms with Gasteiger partial charge >= 0.3 is 0 Å². The number of hydrogen-bond acceptors (Lipinski definition) is 4. The van der Waals surface area contributed by atoms with E-state index in [0.29, 0.717) is 10.6 Å². The minimum atomic E-state index is -0.488. The van der Waals surface area contributed by atoms with E-state index in [1.165, 1.54) is 12.1 Å². The molecule has 0 aromatic heterocycles. The van der Waals surface area contributed by atoms with Crippen LogP contribution in [0, 0.1) is 10.1 Å². The number of hydrazine groups is 1. The largest absolute Gasteiger partial charge is 0.275 e. The topological polar surface area (TPSA) is 81.2 Å². The van der Waals surface area contributed by atoms with Crippen LogP contribution in [0.15, 0.2) is 18.2 Å². The number of halogens is 1. The molecule has 0 aliphatic carbocycles. The molecule has 0 heterocycles. The minimum absolute atomic E-state index is 0.0227. The summed E-state index contributed by atoms with van der Waals surface area (Å²) in [6, 6.07) is 4.50. The van der Waals surface area contributed by atoms with Gasteiger partial charge in [-0.15, -0.1) is 0 Å². The van der Waals surface area contributed by atoms with Crippen LogP contribution >= 0.6 is 11.6 Å². The van der Waals surface area contributed by atoms with Crippen LogP contribution in [0.1, 0.15) is 5.56 Å². The first-order valence-electron chi connectivity index (χ1n) is 3.52. The third-order valence-electron chi connectivity index (χ3n) is 1.57. The van der Waals surface area contributed by atoms with Gasteiger partial charge in [0.1, 0.15) is 0 Å². The summed E-state index contributed by atoms with van der Waals surface area (Å²) >= 11 is 5.75. The van der Waals surface area contributed by atoms with Crippen molar-refractivity contribution in [2.24, 2.45) is 5.84 Å². The van der Waals surface area contributed by atoms with E-state index < -0.39 is 4.92 Å². The Bertz CT molecular complexity index is 330. The van der Waals surface area contributed by atoms with Gasteiger partial charge in [0, 0.05) is 12.6 Å². The van der Waals surface area contributed by atoms with Crippen LogP contribution in [0.25, 0.3) is 0 Å². The van der Waals surface area contributed by atoms with Gasteiger partial charge in [-0.25, -0.2) is 0 Å². The molecule has 0 unspecified atom stereocenters. The van der Waals surface area contributed by atoms with Crippen molar-refractivity contribution in [3.05, 3.63) is 38.9 Å². The summed E-state index contributed by atoms with van der Waals surface area (Å²) in [5, 5.41) is 10.9. The van der Waals surface area contributed by atoms with Crippen LogP contribution in [-0.2, 0) is 6.54 Å². The fraction of sp³-hybridized carbons (Fsp3) is 0.143. The molecule has 6 heteroatoms. The molecule has 0 aliphatic heterocycles. The van der Waals surface area contributed by atoms with E-state index in [2.05, 4.69) is 5.43 Å². The van der Waals surface area contributed by atoms with Crippen molar-refractivity contribution in [2.45, 2.75) is 6.54 Å². The normalized spacial score (nSPS) is 10.0. The summed E-state index contributed by atoms with van der Waals surface area (Å²) in [4.78, 5) is 10.0. The molecular weight excluding hydrogens is 194 g/mol. The Morgan fingerprint density at radius 2 is 2.31 bits per heavy atom. The van der Waals surface area contributed by atoms with Gasteiger partial charge in [0.25, 0.3) is 5.69 Å². The van der Waals surface area contributed by atoms with Gasteiger partial charge in [-0.1, -0.05) is 17.7 Å². The maximum Gasteiger partial charge on any atom is 0.275 e. The number of nitrogens with one attached hydrogen (secondary N) is 1. The maximum absolute atomic E-state index is 10.5. The van der Waals surface area contributed by atoms with E-state index in [1.54, 1.807) is 6.07 Å². The molecule has 0 bridgehead atoms. The first kappa shape index (κ1) is 9.91. The van der Waals surface area contributed by atoms with Crippen molar-refractivity contribution in [2.75, 3.05) is 0 Å². The molecule has 0 atom stereocenters. The Balaban J connectivity index is 3.17. The molecule has 1 rings (SSSR count). The molecule has 5 nitrogen and oxygen atoms in total. The SMILES string of the molecule is NNCc1c(Cl)cccc1[N+](=O)[O-]. The number of hydrogen-bond donors (Lipinski definition) is 2. The van der Waals surface area contributed by atoms with Crippen LogP contribution < -0.4 is 11.3 Å². The molecule has 3 N–H and O–H groups in total. The van der Waals surface area contributed by atoms with Gasteiger partial charge < -0.3 is 0 Å². The van der Waals surface area contributed by atoms with Gasteiger partial charge in [-0.05, 0) is 6.07 Å². The molecule has 13 heavy (non-hydrogen) atoms. The molecule has 0 aliphatic rings. The Morgan fingerprint density at radius 3 is 2.85 bits per heavy atom. The van der Waals surface area contributed by atoms with Gasteiger partial charge in [0.05, 0.1) is 15.5 Å². The van der Waals surface area contributed by atoms with Crippen LogP contribution in [0.4, 0.5) is 5.69 Å². The van der Waals surface area contributed by atoms with E-state index >= 15 is 0 Å². The van der Waals surface area contributed by atoms with Crippen LogP contribution in [0.3, 0.4) is 0 Å². The minimum Gasteiger partial charge on any atom is -0.271 e. The Kier molecular flexibility index (Phi) is 3.18. The monoisotopic (exact) mass is 201 g/mol. The highest BCUT2D eigenvalue weighted by atomic mass is 35.5. The highest BCUT2D eigenvalue weighted by Crippen LogP contribution is 2.25. The zero-order valence-corrected chi connectivity index (χ0v) is 7.41. The van der Waals surface area contributed by atoms with E-state index in [0.717, 1.165) is 0 Å². The first-order chi connectivity index (χ1) is 6.16. The zero-order chi connectivity index (χ0) is 9.84. The lowest BCUT2D eigenvalue weighted by atomic mass is 10.2. The molecule has 1 aromatic carbocycles. The molecule has 70 valence electrons. The van der Waals surface area contributed by atoms with Crippen LogP contribution in [0.5, 0.6) is 0 Å². The number of nitrogens with two attached hydrogens (primary N) is 1. The Morgan fingerprint density at radius 1 is 1.62 bits per heavy atom. The summed E-state index contributed by atoms with van der Waals surface area (Å²) < 4.78 is 0. The second-order valence-corrected chi connectivity index (χ2v) is 2.78. The predicted molar refractivity (Wildman–Crippen MR) is 49.1 cm³/mol. The second-order valence-electron chi connectivity index (χ2n) is 2.38. The quantitative estimate of drug-likeness (QED) is 0.438. The van der Waals surface area contributed by atoms with E-state index in [1.807, 2.05) is 0 Å². The summed E-state index contributed by atoms with van der Waals surface area (Å²) in [5.41, 5.74) is 2.71. The van der Waals surface area contributed by atoms with Crippen molar-refractivity contribution in [1.29, 1.82) is 0 Å². The number of nitrogens with zero attached hydrogens (tertiary/aromatic N) is 1. The van der Waals surface area contributed by atoms with Crippen molar-refractivity contribution in [1.82, 2.24) is 5.43 Å². The summed E-state index contributed by atoms with van der Waals surface area (Å²) in [6.45, 7) is 0.177. The average Bonchev–Trinajstić information content (AvgIpc) is 2.08.